The van der Waals surface area contributed by atoms with E-state index in [0.29, 0.717) is 28.8 Å². The monoisotopic (exact) mass is 542 g/mol. The summed E-state index contributed by atoms with van der Waals surface area (Å²) in [7, 11) is 1.29. The average Bonchev–Trinajstić information content (AvgIpc) is 3.23. The van der Waals surface area contributed by atoms with Crippen LogP contribution in [0.3, 0.4) is 0 Å². The molecule has 0 fully saturated rings. The van der Waals surface area contributed by atoms with Crippen molar-refractivity contribution in [2.75, 3.05) is 12.4 Å². The minimum Gasteiger partial charge on any atom is -0.469 e. The van der Waals surface area contributed by atoms with Crippen LogP contribution < -0.4 is 10.6 Å². The number of imidazole rings is 1. The Morgan fingerprint density at radius 2 is 1.92 bits per heavy atom. The number of methoxy groups -OCH3 is 1. The lowest BCUT2D eigenvalue weighted by Gasteiger charge is -2.16. The molecule has 1 aliphatic heterocycles. The lowest BCUT2D eigenvalue weighted by molar-refractivity contribution is -0.139. The van der Waals surface area contributed by atoms with Gasteiger partial charge in [0.25, 0.3) is 5.91 Å². The first-order chi connectivity index (χ1) is 18.2. The number of fused-ring (bicyclic) bond motifs is 4. The van der Waals surface area contributed by atoms with Gasteiger partial charge in [-0.1, -0.05) is 35.9 Å². The van der Waals surface area contributed by atoms with Gasteiger partial charge in [0.2, 0.25) is 5.91 Å². The Morgan fingerprint density at radius 3 is 2.63 bits per heavy atom. The summed E-state index contributed by atoms with van der Waals surface area (Å²) in [6, 6.07) is 6.36. The van der Waals surface area contributed by atoms with Crippen LogP contribution in [0.5, 0.6) is 0 Å². The number of esters is 1. The van der Waals surface area contributed by atoms with Crippen LogP contribution in [0.1, 0.15) is 52.6 Å². The van der Waals surface area contributed by atoms with E-state index < -0.39 is 35.1 Å². The van der Waals surface area contributed by atoms with Gasteiger partial charge < -0.3 is 20.4 Å². The first-order valence-electron chi connectivity index (χ1n) is 11.8. The van der Waals surface area contributed by atoms with E-state index in [1.165, 1.54) is 14.0 Å². The summed E-state index contributed by atoms with van der Waals surface area (Å²) in [6.07, 6.45) is 4.32. The zero-order chi connectivity index (χ0) is 27.4. The summed E-state index contributed by atoms with van der Waals surface area (Å²) in [5.74, 6) is -3.33. The van der Waals surface area contributed by atoms with Gasteiger partial charge in [0.15, 0.2) is 0 Å². The predicted molar refractivity (Wildman–Crippen MR) is 138 cm³/mol. The molecule has 0 aliphatic carbocycles. The van der Waals surface area contributed by atoms with Crippen LogP contribution in [0, 0.1) is 18.6 Å². The molecule has 1 atom stereocenters. The van der Waals surface area contributed by atoms with E-state index in [1.807, 2.05) is 0 Å². The van der Waals surface area contributed by atoms with E-state index >= 15 is 0 Å². The highest BCUT2D eigenvalue weighted by Crippen LogP contribution is 2.35. The molecule has 0 spiro atoms. The molecule has 3 N–H and O–H groups in total. The summed E-state index contributed by atoms with van der Waals surface area (Å²) in [4.78, 5) is 44.8. The van der Waals surface area contributed by atoms with Gasteiger partial charge in [-0.2, -0.15) is 0 Å². The van der Waals surface area contributed by atoms with E-state index in [9.17, 15) is 23.2 Å². The summed E-state index contributed by atoms with van der Waals surface area (Å²) in [5.41, 5.74) is 1.42. The van der Waals surface area contributed by atoms with Gasteiger partial charge in [-0.15, -0.1) is 0 Å². The van der Waals surface area contributed by atoms with Gasteiger partial charge in [-0.3, -0.25) is 14.4 Å². The fourth-order valence-electron chi connectivity index (χ4n) is 4.13. The van der Waals surface area contributed by atoms with Gasteiger partial charge in [0, 0.05) is 12.0 Å². The second kappa shape index (κ2) is 11.6. The van der Waals surface area contributed by atoms with Crippen molar-refractivity contribution in [2.24, 2.45) is 0 Å². The Kier molecular flexibility index (Phi) is 8.21. The summed E-state index contributed by atoms with van der Waals surface area (Å²) in [6.45, 7) is 1.52. The molecule has 0 saturated carbocycles. The number of allylic oxidation sites excluding steroid dienone is 1. The molecule has 2 heterocycles. The highest BCUT2D eigenvalue weighted by Gasteiger charge is 2.25. The van der Waals surface area contributed by atoms with E-state index in [2.05, 4.69) is 20.6 Å². The van der Waals surface area contributed by atoms with Gasteiger partial charge in [0.05, 0.1) is 25.3 Å². The van der Waals surface area contributed by atoms with Crippen molar-refractivity contribution >= 4 is 35.1 Å². The van der Waals surface area contributed by atoms with Crippen LogP contribution in [0.15, 0.2) is 42.5 Å². The summed E-state index contributed by atoms with van der Waals surface area (Å²) >= 11 is 6.49. The number of hydrogen-bond acceptors (Lipinski definition) is 5. The predicted octanol–water partition coefficient (Wildman–Crippen LogP) is 5.18. The van der Waals surface area contributed by atoms with Crippen molar-refractivity contribution in [2.45, 2.75) is 38.6 Å². The number of ether oxygens (including phenoxy) is 1. The third-order valence-electron chi connectivity index (χ3n) is 5.99. The Balaban J connectivity index is 1.73. The maximum atomic E-state index is 14.5. The number of nitrogens with zero attached hydrogens (tertiary/aromatic N) is 1. The fourth-order valence-corrected chi connectivity index (χ4v) is 4.37. The van der Waals surface area contributed by atoms with Crippen LogP contribution in [0.25, 0.3) is 11.3 Å². The van der Waals surface area contributed by atoms with Crippen LogP contribution in [-0.4, -0.2) is 34.9 Å². The largest absolute Gasteiger partial charge is 0.469 e. The number of nitrogens with one attached hydrogen (secondary N) is 3. The third-order valence-corrected chi connectivity index (χ3v) is 6.27. The molecule has 1 aliphatic rings. The quantitative estimate of drug-likeness (QED) is 0.310. The molecule has 0 saturated heterocycles. The first-order valence-corrected chi connectivity index (χ1v) is 12.2. The van der Waals surface area contributed by atoms with Crippen molar-refractivity contribution in [3.05, 3.63) is 81.8 Å². The number of carbonyl (C=O) groups excluding carboxylic acids is 3. The number of benzene rings is 2. The van der Waals surface area contributed by atoms with Crippen molar-refractivity contribution in [1.29, 1.82) is 0 Å². The molecular weight excluding hydrogens is 518 g/mol. The van der Waals surface area contributed by atoms with Gasteiger partial charge in [-0.05, 0) is 49.1 Å². The molecule has 198 valence electrons. The van der Waals surface area contributed by atoms with Crippen LogP contribution in [-0.2, 0) is 20.7 Å². The minimum atomic E-state index is -0.973. The van der Waals surface area contributed by atoms with E-state index in [4.69, 9.17) is 16.3 Å². The number of carbonyl (C=O) groups is 3. The standard InChI is InChI=1S/C27H25ClF2N4O4/c1-14-10-17(29)23(18(30)11-14)27(37)32-19-6-4-3-5-7-21(35)31-20-12-15(13-22(36)38-2)8-9-16(20)24-25(28)34-26(19)33-24/h3-4,8-12,19H,5-7,13H2,1-2H3,(H,31,35)(H,32,37)(H,33,34)/b4-3+/t19-/m0/s1. The van der Waals surface area contributed by atoms with E-state index in [0.717, 1.165) is 12.1 Å². The summed E-state index contributed by atoms with van der Waals surface area (Å²) in [5, 5.41) is 5.62. The summed E-state index contributed by atoms with van der Waals surface area (Å²) < 4.78 is 33.6. The number of aromatic nitrogens is 2. The highest BCUT2D eigenvalue weighted by molar-refractivity contribution is 6.32. The Labute approximate surface area is 222 Å². The molecule has 3 aromatic rings. The second-order valence-corrected chi connectivity index (χ2v) is 9.22. The number of anilines is 1. The minimum absolute atomic E-state index is 0.00215. The maximum absolute atomic E-state index is 14.5. The zero-order valence-electron chi connectivity index (χ0n) is 20.7. The third kappa shape index (κ3) is 6.08. The normalized spacial score (nSPS) is 16.2. The average molecular weight is 543 g/mol. The molecule has 0 unspecified atom stereocenters. The smallest absolute Gasteiger partial charge is 0.309 e. The number of amides is 2. The van der Waals surface area contributed by atoms with Crippen LogP contribution in [0.4, 0.5) is 14.5 Å². The second-order valence-electron chi connectivity index (χ2n) is 8.84. The van der Waals surface area contributed by atoms with Crippen molar-refractivity contribution < 1.29 is 27.9 Å². The zero-order valence-corrected chi connectivity index (χ0v) is 21.4. The van der Waals surface area contributed by atoms with E-state index in [1.54, 1.807) is 30.4 Å². The molecule has 2 aromatic carbocycles. The maximum Gasteiger partial charge on any atom is 0.309 e. The van der Waals surface area contributed by atoms with Gasteiger partial charge in [0.1, 0.15) is 33.9 Å². The number of halogens is 3. The number of aromatic amines is 1. The molecule has 4 rings (SSSR count). The topological polar surface area (TPSA) is 113 Å². The van der Waals surface area contributed by atoms with Crippen molar-refractivity contribution in [3.63, 3.8) is 0 Å². The molecule has 1 aromatic heterocycles. The Morgan fingerprint density at radius 1 is 1.18 bits per heavy atom. The number of H-pyrrole nitrogens is 1. The van der Waals surface area contributed by atoms with Crippen LogP contribution >= 0.6 is 11.6 Å². The number of aryl methyl sites for hydroxylation is 1. The molecule has 8 nitrogen and oxygen atoms in total. The SMILES string of the molecule is COC(=O)Cc1ccc2c(c1)NC(=O)CC/C=C/C[C@H](NC(=O)c1c(F)cc(C)cc1F)c1nc-2c(Cl)[nH]1. The fraction of sp³-hybridized carbons (Fsp3) is 0.259. The molecule has 38 heavy (non-hydrogen) atoms. The Bertz CT molecular complexity index is 1410. The van der Waals surface area contributed by atoms with Crippen molar-refractivity contribution in [1.82, 2.24) is 15.3 Å². The number of hydrogen-bond donors (Lipinski definition) is 3. The van der Waals surface area contributed by atoms with Crippen molar-refractivity contribution in [3.8, 4) is 11.3 Å². The van der Waals surface area contributed by atoms with Gasteiger partial charge >= 0.3 is 5.97 Å². The molecule has 0 radical (unpaired) electrons. The highest BCUT2D eigenvalue weighted by atomic mass is 35.5. The van der Waals surface area contributed by atoms with Gasteiger partial charge in [-0.25, -0.2) is 13.8 Å². The molecule has 2 bridgehead atoms. The molecule has 2 amide bonds. The Hall–Kier alpha value is -4.05. The number of rotatable bonds is 4. The van der Waals surface area contributed by atoms with E-state index in [-0.39, 0.29) is 41.8 Å². The van der Waals surface area contributed by atoms with Crippen LogP contribution in [0.2, 0.25) is 5.15 Å². The lowest BCUT2D eigenvalue weighted by atomic mass is 10.0. The first kappa shape index (κ1) is 27.0. The molecular formula is C27H25ClF2N4O4. The molecule has 11 heteroatoms. The lowest BCUT2D eigenvalue weighted by Crippen LogP contribution is -2.30.